The third kappa shape index (κ3) is 3.81. The van der Waals surface area contributed by atoms with E-state index in [1.807, 2.05) is 0 Å². The third-order valence-electron chi connectivity index (χ3n) is 3.48. The molecule has 1 aliphatic rings. The molecule has 1 atom stereocenters. The lowest BCUT2D eigenvalue weighted by molar-refractivity contribution is 0.0928. The van der Waals surface area contributed by atoms with E-state index in [9.17, 15) is 4.79 Å². The molecule has 0 aromatic carbocycles. The number of carbonyl (C=O) groups excluding carboxylic acids is 1. The molecule has 0 spiro atoms. The lowest BCUT2D eigenvalue weighted by Gasteiger charge is -2.32. The van der Waals surface area contributed by atoms with Crippen molar-refractivity contribution in [1.29, 1.82) is 0 Å². The summed E-state index contributed by atoms with van der Waals surface area (Å²) in [6, 6.07) is 3.56. The maximum atomic E-state index is 12.0. The monoisotopic (exact) mass is 301 g/mol. The number of piperidine rings is 1. The van der Waals surface area contributed by atoms with Crippen molar-refractivity contribution in [2.45, 2.75) is 25.3 Å². The Morgan fingerprint density at radius 3 is 2.95 bits per heavy atom. The second-order valence-electron chi connectivity index (χ2n) is 4.81. The van der Waals surface area contributed by atoms with Gasteiger partial charge in [0.25, 0.3) is 5.91 Å². The number of carbonyl (C=O) groups is 1. The zero-order valence-corrected chi connectivity index (χ0v) is 12.3. The molecule has 2 rings (SSSR count). The van der Waals surface area contributed by atoms with Crippen molar-refractivity contribution in [3.05, 3.63) is 28.0 Å². The number of likely N-dealkylation sites (tertiary alicyclic amines) is 1. The lowest BCUT2D eigenvalue weighted by atomic mass is 10.0. The molecule has 104 valence electrons. The molecule has 1 aromatic heterocycles. The standard InChI is InChI=1S/C13H17Cl2N3O/c1-18-7-3-2-4-9(18)8-16-13(19)10-5-6-11(14)17-12(10)15/h5-6,9H,2-4,7-8H2,1H3,(H,16,19). The zero-order valence-electron chi connectivity index (χ0n) is 10.8. The van der Waals surface area contributed by atoms with E-state index >= 15 is 0 Å². The van der Waals surface area contributed by atoms with Gasteiger partial charge in [-0.05, 0) is 38.6 Å². The highest BCUT2D eigenvalue weighted by Crippen LogP contribution is 2.17. The number of amides is 1. The number of rotatable bonds is 3. The second-order valence-corrected chi connectivity index (χ2v) is 5.56. The Kier molecular flexibility index (Phi) is 5.02. The minimum absolute atomic E-state index is 0.141. The summed E-state index contributed by atoms with van der Waals surface area (Å²) >= 11 is 11.6. The first kappa shape index (κ1) is 14.6. The van der Waals surface area contributed by atoms with Gasteiger partial charge in [-0.2, -0.15) is 0 Å². The predicted octanol–water partition coefficient (Wildman–Crippen LogP) is 2.60. The summed E-state index contributed by atoms with van der Waals surface area (Å²) in [5.74, 6) is -0.201. The van der Waals surface area contributed by atoms with Gasteiger partial charge in [0.05, 0.1) is 5.56 Å². The van der Waals surface area contributed by atoms with Crippen molar-refractivity contribution in [2.24, 2.45) is 0 Å². The number of likely N-dealkylation sites (N-methyl/N-ethyl adjacent to an activating group) is 1. The van der Waals surface area contributed by atoms with Crippen LogP contribution in [0.1, 0.15) is 29.6 Å². The normalized spacial score (nSPS) is 20.3. The van der Waals surface area contributed by atoms with Crippen LogP contribution in [0.4, 0.5) is 0 Å². The number of nitrogens with one attached hydrogen (secondary N) is 1. The van der Waals surface area contributed by atoms with Crippen molar-refractivity contribution >= 4 is 29.1 Å². The molecule has 1 amide bonds. The van der Waals surface area contributed by atoms with E-state index in [2.05, 4.69) is 22.2 Å². The van der Waals surface area contributed by atoms with E-state index in [-0.39, 0.29) is 16.2 Å². The number of nitrogens with zero attached hydrogens (tertiary/aromatic N) is 2. The van der Waals surface area contributed by atoms with Crippen LogP contribution in [0.3, 0.4) is 0 Å². The highest BCUT2D eigenvalue weighted by molar-refractivity contribution is 6.34. The topological polar surface area (TPSA) is 45.2 Å². The molecule has 19 heavy (non-hydrogen) atoms. The Labute approximate surface area is 123 Å². The number of hydrogen-bond acceptors (Lipinski definition) is 3. The van der Waals surface area contributed by atoms with Crippen LogP contribution in [0.25, 0.3) is 0 Å². The van der Waals surface area contributed by atoms with Gasteiger partial charge in [-0.3, -0.25) is 4.79 Å². The summed E-state index contributed by atoms with van der Waals surface area (Å²) in [5, 5.41) is 3.34. The molecule has 1 aromatic rings. The van der Waals surface area contributed by atoms with Gasteiger partial charge in [-0.1, -0.05) is 29.6 Å². The smallest absolute Gasteiger partial charge is 0.254 e. The minimum Gasteiger partial charge on any atom is -0.350 e. The van der Waals surface area contributed by atoms with Gasteiger partial charge in [0.1, 0.15) is 10.3 Å². The van der Waals surface area contributed by atoms with E-state index in [1.165, 1.54) is 12.8 Å². The average Bonchev–Trinajstić information content (AvgIpc) is 2.37. The van der Waals surface area contributed by atoms with Crippen LogP contribution in [0.5, 0.6) is 0 Å². The number of halogens is 2. The largest absolute Gasteiger partial charge is 0.350 e. The van der Waals surface area contributed by atoms with Crippen LogP contribution >= 0.6 is 23.2 Å². The Bertz CT molecular complexity index is 467. The fourth-order valence-electron chi connectivity index (χ4n) is 2.29. The fraction of sp³-hybridized carbons (Fsp3) is 0.538. The van der Waals surface area contributed by atoms with Gasteiger partial charge in [0, 0.05) is 12.6 Å². The molecule has 0 saturated carbocycles. The van der Waals surface area contributed by atoms with E-state index in [0.29, 0.717) is 18.2 Å². The quantitative estimate of drug-likeness (QED) is 0.873. The van der Waals surface area contributed by atoms with Gasteiger partial charge in [0.2, 0.25) is 0 Å². The maximum absolute atomic E-state index is 12.0. The number of pyridine rings is 1. The van der Waals surface area contributed by atoms with E-state index in [0.717, 1.165) is 13.0 Å². The molecule has 1 saturated heterocycles. The molecule has 2 heterocycles. The number of hydrogen-bond donors (Lipinski definition) is 1. The fourth-order valence-corrected chi connectivity index (χ4v) is 2.72. The summed E-state index contributed by atoms with van der Waals surface area (Å²) in [6.07, 6.45) is 3.56. The molecule has 1 N–H and O–H groups in total. The predicted molar refractivity (Wildman–Crippen MR) is 76.9 cm³/mol. The first-order valence-corrected chi connectivity index (χ1v) is 7.14. The van der Waals surface area contributed by atoms with E-state index < -0.39 is 0 Å². The van der Waals surface area contributed by atoms with Crippen molar-refractivity contribution < 1.29 is 4.79 Å². The van der Waals surface area contributed by atoms with Crippen LogP contribution in [0.15, 0.2) is 12.1 Å². The van der Waals surface area contributed by atoms with Crippen molar-refractivity contribution in [3.8, 4) is 0 Å². The van der Waals surface area contributed by atoms with Crippen LogP contribution in [-0.4, -0.2) is 42.0 Å². The van der Waals surface area contributed by atoms with Crippen LogP contribution in [0.2, 0.25) is 10.3 Å². The molecule has 1 unspecified atom stereocenters. The first-order chi connectivity index (χ1) is 9.08. The minimum atomic E-state index is -0.201. The third-order valence-corrected chi connectivity index (χ3v) is 3.98. The molecule has 0 aliphatic carbocycles. The summed E-state index contributed by atoms with van der Waals surface area (Å²) in [5.41, 5.74) is 0.365. The van der Waals surface area contributed by atoms with Crippen LogP contribution < -0.4 is 5.32 Å². The molecule has 0 radical (unpaired) electrons. The van der Waals surface area contributed by atoms with Crippen LogP contribution in [-0.2, 0) is 0 Å². The van der Waals surface area contributed by atoms with Gasteiger partial charge in [0.15, 0.2) is 0 Å². The molecule has 6 heteroatoms. The molecule has 1 fully saturated rings. The van der Waals surface area contributed by atoms with Gasteiger partial charge < -0.3 is 10.2 Å². The molecular formula is C13H17Cl2N3O. The van der Waals surface area contributed by atoms with E-state index in [4.69, 9.17) is 23.2 Å². The summed E-state index contributed by atoms with van der Waals surface area (Å²) in [4.78, 5) is 18.2. The van der Waals surface area contributed by atoms with Crippen molar-refractivity contribution in [3.63, 3.8) is 0 Å². The highest BCUT2D eigenvalue weighted by atomic mass is 35.5. The summed E-state index contributed by atoms with van der Waals surface area (Å²) in [6.45, 7) is 1.72. The Balaban J connectivity index is 1.93. The number of aromatic nitrogens is 1. The van der Waals surface area contributed by atoms with Crippen molar-refractivity contribution in [2.75, 3.05) is 20.1 Å². The Morgan fingerprint density at radius 2 is 2.26 bits per heavy atom. The summed E-state index contributed by atoms with van der Waals surface area (Å²) in [7, 11) is 2.09. The maximum Gasteiger partial charge on any atom is 0.254 e. The molecule has 0 bridgehead atoms. The molecule has 1 aliphatic heterocycles. The van der Waals surface area contributed by atoms with Gasteiger partial charge in [-0.25, -0.2) is 4.98 Å². The SMILES string of the molecule is CN1CCCCC1CNC(=O)c1ccc(Cl)nc1Cl. The average molecular weight is 302 g/mol. The molecular weight excluding hydrogens is 285 g/mol. The lowest BCUT2D eigenvalue weighted by Crippen LogP contribution is -2.44. The van der Waals surface area contributed by atoms with E-state index in [1.54, 1.807) is 12.1 Å². The van der Waals surface area contributed by atoms with Gasteiger partial charge in [-0.15, -0.1) is 0 Å². The Hall–Kier alpha value is -0.840. The molecule has 4 nitrogen and oxygen atoms in total. The summed E-state index contributed by atoms with van der Waals surface area (Å²) < 4.78 is 0. The van der Waals surface area contributed by atoms with Gasteiger partial charge >= 0.3 is 0 Å². The first-order valence-electron chi connectivity index (χ1n) is 6.38. The second kappa shape index (κ2) is 6.55. The van der Waals surface area contributed by atoms with Crippen LogP contribution in [0, 0.1) is 0 Å². The van der Waals surface area contributed by atoms with Crippen molar-refractivity contribution in [1.82, 2.24) is 15.2 Å². The highest BCUT2D eigenvalue weighted by Gasteiger charge is 2.20. The Morgan fingerprint density at radius 1 is 1.47 bits per heavy atom. The zero-order chi connectivity index (χ0) is 13.8.